The van der Waals surface area contributed by atoms with Crippen molar-refractivity contribution in [2.45, 2.75) is 46.0 Å². The van der Waals surface area contributed by atoms with Crippen molar-refractivity contribution in [1.29, 1.82) is 0 Å². The van der Waals surface area contributed by atoms with Crippen molar-refractivity contribution in [2.75, 3.05) is 25.2 Å². The molecule has 0 aromatic carbocycles. The van der Waals surface area contributed by atoms with Gasteiger partial charge in [0.2, 0.25) is 10.0 Å². The van der Waals surface area contributed by atoms with Gasteiger partial charge in [-0.2, -0.15) is 0 Å². The van der Waals surface area contributed by atoms with E-state index in [0.29, 0.717) is 24.9 Å². The van der Waals surface area contributed by atoms with E-state index in [0.717, 1.165) is 32.1 Å². The Kier molecular flexibility index (Phi) is 5.94. The summed E-state index contributed by atoms with van der Waals surface area (Å²) in [5.41, 5.74) is 0.154. The molecule has 1 saturated heterocycles. The second-order valence-electron chi connectivity index (χ2n) is 6.03. The molecular weight excluding hydrogens is 270 g/mol. The van der Waals surface area contributed by atoms with Crippen LogP contribution in [0.4, 0.5) is 0 Å². The highest BCUT2D eigenvalue weighted by Crippen LogP contribution is 2.36. The van der Waals surface area contributed by atoms with Gasteiger partial charge in [0.15, 0.2) is 0 Å². The molecule has 0 radical (unpaired) electrons. The second-order valence-corrected chi connectivity index (χ2v) is 8.28. The molecule has 0 aliphatic carbocycles. The minimum atomic E-state index is -3.03. The number of rotatable bonds is 6. The maximum atomic E-state index is 11.6. The molecule has 108 valence electrons. The highest BCUT2D eigenvalue weighted by Gasteiger charge is 2.31. The first kappa shape index (κ1) is 16.3. The van der Waals surface area contributed by atoms with Crippen molar-refractivity contribution in [2.24, 2.45) is 11.3 Å². The summed E-state index contributed by atoms with van der Waals surface area (Å²) in [6.45, 7) is 5.76. The van der Waals surface area contributed by atoms with E-state index in [1.807, 2.05) is 0 Å². The molecule has 0 amide bonds. The largest absolute Gasteiger partial charge is 0.213 e. The molecule has 3 nitrogen and oxygen atoms in total. The van der Waals surface area contributed by atoms with Gasteiger partial charge in [0.25, 0.3) is 0 Å². The number of hydrogen-bond donors (Lipinski definition) is 0. The van der Waals surface area contributed by atoms with Gasteiger partial charge in [0.1, 0.15) is 0 Å². The Morgan fingerprint density at radius 1 is 1.44 bits per heavy atom. The Morgan fingerprint density at radius 2 is 2.11 bits per heavy atom. The smallest absolute Gasteiger partial charge is 0.211 e. The summed E-state index contributed by atoms with van der Waals surface area (Å²) in [6, 6.07) is 0. The van der Waals surface area contributed by atoms with Crippen molar-refractivity contribution in [3.05, 3.63) is 0 Å². The lowest BCUT2D eigenvalue weighted by molar-refractivity contribution is 0.183. The third kappa shape index (κ3) is 4.71. The predicted octanol–water partition coefficient (Wildman–Crippen LogP) is 3.09. The minimum Gasteiger partial charge on any atom is -0.213 e. The van der Waals surface area contributed by atoms with Gasteiger partial charge in [-0.3, -0.25) is 0 Å². The zero-order valence-electron chi connectivity index (χ0n) is 11.8. The zero-order valence-corrected chi connectivity index (χ0v) is 13.4. The van der Waals surface area contributed by atoms with Gasteiger partial charge in [0.05, 0.1) is 6.26 Å². The van der Waals surface area contributed by atoms with Gasteiger partial charge in [-0.25, -0.2) is 12.7 Å². The number of halogens is 1. The first-order chi connectivity index (χ1) is 8.30. The molecular formula is C13H26ClNO2S. The van der Waals surface area contributed by atoms with Crippen molar-refractivity contribution in [3.63, 3.8) is 0 Å². The number of hydrogen-bond acceptors (Lipinski definition) is 2. The van der Waals surface area contributed by atoms with Crippen LogP contribution >= 0.6 is 11.6 Å². The third-order valence-electron chi connectivity index (χ3n) is 3.91. The number of sulfonamides is 1. The Bertz CT molecular complexity index is 358. The maximum absolute atomic E-state index is 11.6. The Hall–Kier alpha value is 0.200. The van der Waals surface area contributed by atoms with Crippen LogP contribution in [0, 0.1) is 11.3 Å². The number of nitrogens with zero attached hydrogens (tertiary/aromatic N) is 1. The van der Waals surface area contributed by atoms with E-state index in [1.165, 1.54) is 6.26 Å². The van der Waals surface area contributed by atoms with Crippen LogP contribution in [0.15, 0.2) is 0 Å². The average Bonchev–Trinajstić information content (AvgIpc) is 2.28. The molecule has 0 aromatic heterocycles. The molecule has 1 aliphatic heterocycles. The molecule has 5 heteroatoms. The van der Waals surface area contributed by atoms with Crippen LogP contribution in [0.1, 0.15) is 46.0 Å². The topological polar surface area (TPSA) is 37.4 Å². The van der Waals surface area contributed by atoms with Gasteiger partial charge >= 0.3 is 0 Å². The molecule has 2 atom stereocenters. The summed E-state index contributed by atoms with van der Waals surface area (Å²) in [5.74, 6) is 1.12. The van der Waals surface area contributed by atoms with Crippen LogP contribution in [0.3, 0.4) is 0 Å². The maximum Gasteiger partial charge on any atom is 0.211 e. The van der Waals surface area contributed by atoms with Crippen molar-refractivity contribution in [1.82, 2.24) is 4.31 Å². The molecule has 18 heavy (non-hydrogen) atoms. The van der Waals surface area contributed by atoms with E-state index < -0.39 is 10.0 Å². The van der Waals surface area contributed by atoms with Gasteiger partial charge in [-0.1, -0.05) is 20.3 Å². The number of alkyl halides is 1. The monoisotopic (exact) mass is 295 g/mol. The van der Waals surface area contributed by atoms with Crippen molar-refractivity contribution in [3.8, 4) is 0 Å². The lowest BCUT2D eigenvalue weighted by Gasteiger charge is -2.36. The number of piperidine rings is 1. The fourth-order valence-corrected chi connectivity index (χ4v) is 4.20. The summed E-state index contributed by atoms with van der Waals surface area (Å²) in [4.78, 5) is 0. The highest BCUT2D eigenvalue weighted by atomic mass is 35.5. The Balaban J connectivity index is 2.62. The summed E-state index contributed by atoms with van der Waals surface area (Å²) in [7, 11) is -3.03. The normalized spacial score (nSPS) is 25.9. The van der Waals surface area contributed by atoms with E-state index in [9.17, 15) is 8.42 Å². The first-order valence-corrected chi connectivity index (χ1v) is 9.20. The van der Waals surface area contributed by atoms with Crippen molar-refractivity contribution < 1.29 is 8.42 Å². The van der Waals surface area contributed by atoms with Crippen molar-refractivity contribution >= 4 is 21.6 Å². The first-order valence-electron chi connectivity index (χ1n) is 6.82. The lowest BCUT2D eigenvalue weighted by Crippen LogP contribution is -2.40. The van der Waals surface area contributed by atoms with Gasteiger partial charge in [-0.15, -0.1) is 11.6 Å². The molecule has 0 aromatic rings. The van der Waals surface area contributed by atoms with Crippen LogP contribution in [-0.2, 0) is 10.0 Å². The standard InChI is InChI=1S/C13H26ClNO2S/c1-4-7-13(2,11-14)9-12-6-5-8-15(10-12)18(3,16)17/h12H,4-11H2,1-3H3. The van der Waals surface area contributed by atoms with E-state index in [1.54, 1.807) is 4.31 Å². The molecule has 1 fully saturated rings. The molecule has 1 heterocycles. The molecule has 1 aliphatic rings. The Labute approximate surface area is 117 Å². The summed E-state index contributed by atoms with van der Waals surface area (Å²) < 4.78 is 24.8. The molecule has 0 spiro atoms. The lowest BCUT2D eigenvalue weighted by atomic mass is 9.77. The molecule has 2 unspecified atom stereocenters. The van der Waals surface area contributed by atoms with E-state index in [-0.39, 0.29) is 5.41 Å². The average molecular weight is 296 g/mol. The second kappa shape index (κ2) is 6.58. The van der Waals surface area contributed by atoms with Crippen LogP contribution in [0.2, 0.25) is 0 Å². The zero-order chi connectivity index (χ0) is 13.8. The SMILES string of the molecule is CCCC(C)(CCl)CC1CCCN(S(C)(=O)=O)C1. The Morgan fingerprint density at radius 3 is 2.61 bits per heavy atom. The van der Waals surface area contributed by atoms with Gasteiger partial charge in [0, 0.05) is 19.0 Å². The molecule has 0 N–H and O–H groups in total. The molecule has 0 bridgehead atoms. The third-order valence-corrected chi connectivity index (χ3v) is 5.82. The van der Waals surface area contributed by atoms with E-state index in [2.05, 4.69) is 13.8 Å². The van der Waals surface area contributed by atoms with Gasteiger partial charge < -0.3 is 0 Å². The van der Waals surface area contributed by atoms with Crippen LogP contribution in [0.5, 0.6) is 0 Å². The van der Waals surface area contributed by atoms with Crippen LogP contribution < -0.4 is 0 Å². The predicted molar refractivity (Wildman–Crippen MR) is 77.5 cm³/mol. The summed E-state index contributed by atoms with van der Waals surface area (Å²) in [6.07, 6.45) is 6.70. The highest BCUT2D eigenvalue weighted by molar-refractivity contribution is 7.88. The summed E-state index contributed by atoms with van der Waals surface area (Å²) in [5, 5.41) is 0. The fraction of sp³-hybridized carbons (Fsp3) is 1.00. The van der Waals surface area contributed by atoms with E-state index >= 15 is 0 Å². The van der Waals surface area contributed by atoms with Crippen LogP contribution in [0.25, 0.3) is 0 Å². The fourth-order valence-electron chi connectivity index (χ4n) is 3.02. The summed E-state index contributed by atoms with van der Waals surface area (Å²) >= 11 is 6.10. The molecule has 0 saturated carbocycles. The van der Waals surface area contributed by atoms with Gasteiger partial charge in [-0.05, 0) is 37.0 Å². The minimum absolute atomic E-state index is 0.154. The molecule has 1 rings (SSSR count). The van der Waals surface area contributed by atoms with Crippen LogP contribution in [-0.4, -0.2) is 37.9 Å². The van der Waals surface area contributed by atoms with E-state index in [4.69, 9.17) is 11.6 Å². The quantitative estimate of drug-likeness (QED) is 0.706.